The average molecular weight is 580 g/mol. The van der Waals surface area contributed by atoms with Crippen molar-refractivity contribution in [2.24, 2.45) is 5.92 Å². The van der Waals surface area contributed by atoms with Crippen LogP contribution in [0.15, 0.2) is 48.5 Å². The van der Waals surface area contributed by atoms with Crippen molar-refractivity contribution >= 4 is 29.7 Å². The number of carboxylic acids is 1. The molecule has 10 nitrogen and oxygen atoms in total. The van der Waals surface area contributed by atoms with E-state index in [2.05, 4.69) is 26.3 Å². The van der Waals surface area contributed by atoms with E-state index in [9.17, 15) is 19.5 Å². The first-order chi connectivity index (χ1) is 20.3. The van der Waals surface area contributed by atoms with Crippen molar-refractivity contribution < 1.29 is 33.5 Å². The van der Waals surface area contributed by atoms with Gasteiger partial charge in [-0.15, -0.1) is 0 Å². The minimum absolute atomic E-state index is 0.0653. The molecule has 0 saturated carbocycles. The Morgan fingerprint density at radius 3 is 2.71 bits per heavy atom. The minimum atomic E-state index is -1.04. The molecule has 2 aliphatic rings. The first kappa shape index (κ1) is 31.2. The van der Waals surface area contributed by atoms with E-state index in [-0.39, 0.29) is 18.2 Å². The molecule has 0 saturated heterocycles. The van der Waals surface area contributed by atoms with Crippen LogP contribution in [0.2, 0.25) is 0 Å². The lowest BCUT2D eigenvalue weighted by Gasteiger charge is -2.23. The summed E-state index contributed by atoms with van der Waals surface area (Å²) in [4.78, 5) is 40.3. The zero-order chi connectivity index (χ0) is 29.9. The van der Waals surface area contributed by atoms with Crippen LogP contribution < -0.4 is 15.4 Å². The van der Waals surface area contributed by atoms with Crippen LogP contribution in [-0.4, -0.2) is 98.2 Å². The molecule has 0 aromatic heterocycles. The third-order valence-electron chi connectivity index (χ3n) is 7.69. The fourth-order valence-electron chi connectivity index (χ4n) is 5.42. The van der Waals surface area contributed by atoms with Crippen LogP contribution in [0.4, 0.5) is 5.69 Å². The topological polar surface area (TPSA) is 120 Å². The van der Waals surface area contributed by atoms with Crippen molar-refractivity contribution in [1.29, 1.82) is 0 Å². The lowest BCUT2D eigenvalue weighted by atomic mass is 9.92. The van der Waals surface area contributed by atoms with Gasteiger partial charge in [0.05, 0.1) is 18.9 Å². The Morgan fingerprint density at radius 1 is 1.17 bits per heavy atom. The highest BCUT2D eigenvalue weighted by Crippen LogP contribution is 2.34. The molecular weight excluding hydrogens is 536 g/mol. The zero-order valence-electron chi connectivity index (χ0n) is 24.6. The lowest BCUT2D eigenvalue weighted by Crippen LogP contribution is -2.50. The largest absolute Gasteiger partial charge is 0.492 e. The van der Waals surface area contributed by atoms with Crippen molar-refractivity contribution in [3.8, 4) is 5.75 Å². The second-order valence-electron chi connectivity index (χ2n) is 11.2. The molecule has 0 spiro atoms. The fourth-order valence-corrected chi connectivity index (χ4v) is 5.42. The van der Waals surface area contributed by atoms with E-state index in [1.54, 1.807) is 0 Å². The number of hydrogen-bond acceptors (Lipinski definition) is 6. The van der Waals surface area contributed by atoms with Crippen LogP contribution in [0.25, 0.3) is 0 Å². The van der Waals surface area contributed by atoms with Gasteiger partial charge in [-0.05, 0) is 57.5 Å². The number of nitrogens with zero attached hydrogens (tertiary/aromatic N) is 2. The van der Waals surface area contributed by atoms with E-state index in [1.807, 2.05) is 62.6 Å². The van der Waals surface area contributed by atoms with E-state index in [0.717, 1.165) is 29.1 Å². The van der Waals surface area contributed by atoms with E-state index in [0.29, 0.717) is 58.6 Å². The highest BCUT2D eigenvalue weighted by atomic mass is 16.5. The molecule has 10 heteroatoms. The number of rotatable bonds is 12. The molecule has 2 aromatic rings. The van der Waals surface area contributed by atoms with Gasteiger partial charge in [-0.2, -0.15) is 4.58 Å². The summed E-state index contributed by atoms with van der Waals surface area (Å²) in [5.74, 6) is -1.75. The maximum Gasteiger partial charge on any atom is 0.304 e. The van der Waals surface area contributed by atoms with Gasteiger partial charge >= 0.3 is 5.97 Å². The van der Waals surface area contributed by atoms with Crippen molar-refractivity contribution in [1.82, 2.24) is 15.5 Å². The number of hydrogen-bond donors (Lipinski definition) is 3. The van der Waals surface area contributed by atoms with Crippen LogP contribution in [0, 0.1) is 5.92 Å². The maximum atomic E-state index is 13.4. The van der Waals surface area contributed by atoms with Crippen molar-refractivity contribution in [2.75, 3.05) is 53.6 Å². The molecule has 0 aliphatic carbocycles. The molecule has 3 atom stereocenters. The number of likely N-dealkylation sites (N-methyl/N-ethyl adjacent to an activating group) is 1. The standard InChI is InChI=1S/C32H42N4O6/c1-35(2)15-19-42-26-12-10-23(11-13-26)6-5-7-24(21-30(37)38)31(39)34-28-20-25-22-36(29-9-4-3-8-27(25)29)16-18-41-17-14-33-32(28)40/h3-4,8-13,22,24-25,28H,5-7,14-21H2,1-2H3,(H2-,33,34,37,38,39,40)/p+1/t24-,25?,28+/m1/s1. The second kappa shape index (κ2) is 15.5. The monoisotopic (exact) mass is 579 g/mol. The average Bonchev–Trinajstić information content (AvgIpc) is 3.31. The molecule has 2 heterocycles. The number of benzene rings is 2. The van der Waals surface area contributed by atoms with Gasteiger partial charge in [-0.3, -0.25) is 14.4 Å². The molecule has 2 aliphatic heterocycles. The molecule has 0 radical (unpaired) electrons. The summed E-state index contributed by atoms with van der Waals surface area (Å²) in [6, 6.07) is 15.1. The van der Waals surface area contributed by atoms with Gasteiger partial charge in [-0.25, -0.2) is 0 Å². The Balaban J connectivity index is 1.38. The number of aryl methyl sites for hydroxylation is 1. The van der Waals surface area contributed by atoms with Crippen LogP contribution in [0.5, 0.6) is 5.75 Å². The molecule has 4 rings (SSSR count). The predicted octanol–water partition coefficient (Wildman–Crippen LogP) is 2.57. The fraction of sp³-hybridized carbons (Fsp3) is 0.500. The predicted molar refractivity (Wildman–Crippen MR) is 160 cm³/mol. The van der Waals surface area contributed by atoms with Crippen molar-refractivity contribution in [3.05, 3.63) is 59.7 Å². The number of amides is 2. The van der Waals surface area contributed by atoms with Gasteiger partial charge in [0, 0.05) is 30.6 Å². The number of fused-ring (bicyclic) bond motifs is 4. The van der Waals surface area contributed by atoms with Crippen LogP contribution >= 0.6 is 0 Å². The summed E-state index contributed by atoms with van der Waals surface area (Å²) < 4.78 is 13.6. The summed E-state index contributed by atoms with van der Waals surface area (Å²) in [6.45, 7) is 3.39. The number of carbonyl (C=O) groups is 3. The lowest BCUT2D eigenvalue weighted by molar-refractivity contribution is -0.437. The third kappa shape index (κ3) is 9.12. The van der Waals surface area contributed by atoms with E-state index >= 15 is 0 Å². The van der Waals surface area contributed by atoms with Gasteiger partial charge in [0.2, 0.25) is 17.5 Å². The van der Waals surface area contributed by atoms with Gasteiger partial charge in [0.15, 0.2) is 12.8 Å². The number of carbonyl (C=O) groups excluding carboxylic acids is 2. The van der Waals surface area contributed by atoms with E-state index in [1.165, 1.54) is 0 Å². The quantitative estimate of drug-likeness (QED) is 0.331. The normalized spacial score (nSPS) is 19.5. The zero-order valence-corrected chi connectivity index (χ0v) is 24.6. The number of aliphatic carboxylic acids is 1. The number of carboxylic acid groups (broad SMARTS) is 1. The molecule has 2 amide bonds. The molecule has 1 unspecified atom stereocenters. The second-order valence-corrected chi connectivity index (χ2v) is 11.2. The number of nitrogens with one attached hydrogen (secondary N) is 2. The van der Waals surface area contributed by atoms with Crippen molar-refractivity contribution in [3.63, 3.8) is 0 Å². The molecule has 2 bridgehead atoms. The molecule has 2 aromatic carbocycles. The van der Waals surface area contributed by atoms with Gasteiger partial charge in [0.25, 0.3) is 0 Å². The maximum absolute atomic E-state index is 13.4. The first-order valence-corrected chi connectivity index (χ1v) is 14.7. The SMILES string of the molecule is CN(C)CCOc1ccc(CCC[C@H](CC(=O)O)C(=O)N[C@H]2CC3C=[N+](CCOCCNC2=O)c2ccccc23)cc1. The Kier molecular flexibility index (Phi) is 11.5. The van der Waals surface area contributed by atoms with E-state index < -0.39 is 23.8 Å². The van der Waals surface area contributed by atoms with Crippen LogP contribution in [-0.2, 0) is 25.5 Å². The molecule has 226 valence electrons. The smallest absolute Gasteiger partial charge is 0.304 e. The van der Waals surface area contributed by atoms with E-state index in [4.69, 9.17) is 9.47 Å². The molecular formula is C32H43N4O6+. The molecule has 0 fully saturated rings. The molecule has 3 N–H and O–H groups in total. The van der Waals surface area contributed by atoms with Gasteiger partial charge in [0.1, 0.15) is 25.0 Å². The third-order valence-corrected chi connectivity index (χ3v) is 7.69. The summed E-state index contributed by atoms with van der Waals surface area (Å²) in [7, 11) is 3.99. The molecule has 42 heavy (non-hydrogen) atoms. The van der Waals surface area contributed by atoms with Crippen molar-refractivity contribution in [2.45, 2.75) is 44.1 Å². The Morgan fingerprint density at radius 2 is 1.95 bits per heavy atom. The summed E-state index contributed by atoms with van der Waals surface area (Å²) in [5.41, 5.74) is 3.26. The summed E-state index contributed by atoms with van der Waals surface area (Å²) >= 11 is 0. The Labute approximate surface area is 247 Å². The Bertz CT molecular complexity index is 1250. The highest BCUT2D eigenvalue weighted by molar-refractivity contribution is 5.90. The first-order valence-electron chi connectivity index (χ1n) is 14.7. The summed E-state index contributed by atoms with van der Waals surface area (Å²) in [5, 5.41) is 15.3. The Hall–Kier alpha value is -3.76. The van der Waals surface area contributed by atoms with Crippen LogP contribution in [0.3, 0.4) is 0 Å². The highest BCUT2D eigenvalue weighted by Gasteiger charge is 2.35. The van der Waals surface area contributed by atoms with Gasteiger partial charge < -0.3 is 30.1 Å². The number of ether oxygens (including phenoxy) is 2. The van der Waals surface area contributed by atoms with Crippen LogP contribution in [0.1, 0.15) is 42.7 Å². The summed E-state index contributed by atoms with van der Waals surface area (Å²) in [6.07, 6.45) is 3.92. The van der Waals surface area contributed by atoms with Gasteiger partial charge in [-0.1, -0.05) is 30.3 Å². The number of para-hydroxylation sites is 1. The minimum Gasteiger partial charge on any atom is -0.492 e.